The standard InChI is InChI=1S/C23H31N5O7/c1-12(2)7-15(24)21(33)27-18(9-19(29)30)23(35)28-17(22(34)26-11-20(31)32)8-13-10-25-16-6-4-3-5-14(13)16/h3-6,10,12,15,17-18,25H,7-9,11,24H2,1-2H3,(H,26,34)(H,27,33)(H,28,35)(H,29,30)(H,31,32). The summed E-state index contributed by atoms with van der Waals surface area (Å²) in [7, 11) is 0. The molecule has 0 bridgehead atoms. The van der Waals surface area contributed by atoms with Crippen molar-refractivity contribution in [3.8, 4) is 0 Å². The molecular formula is C23H31N5O7. The molecule has 35 heavy (non-hydrogen) atoms. The number of nitrogens with one attached hydrogen (secondary N) is 4. The van der Waals surface area contributed by atoms with E-state index in [0.717, 1.165) is 10.9 Å². The zero-order valence-electron chi connectivity index (χ0n) is 19.5. The molecule has 1 aromatic carbocycles. The van der Waals surface area contributed by atoms with Crippen LogP contribution in [0.2, 0.25) is 0 Å². The fraction of sp³-hybridized carbons (Fsp3) is 0.435. The molecule has 1 aromatic heterocycles. The maximum atomic E-state index is 13.0. The number of hydrogen-bond acceptors (Lipinski definition) is 6. The van der Waals surface area contributed by atoms with Crippen molar-refractivity contribution < 1.29 is 34.2 Å². The molecule has 12 nitrogen and oxygen atoms in total. The number of aliphatic carboxylic acids is 2. The first-order chi connectivity index (χ1) is 16.5. The van der Waals surface area contributed by atoms with Gasteiger partial charge in [-0.25, -0.2) is 0 Å². The number of aromatic nitrogens is 1. The van der Waals surface area contributed by atoms with Gasteiger partial charge in [-0.15, -0.1) is 0 Å². The zero-order chi connectivity index (χ0) is 26.1. The summed E-state index contributed by atoms with van der Waals surface area (Å²) in [5, 5.41) is 26.0. The van der Waals surface area contributed by atoms with Gasteiger partial charge in [0, 0.05) is 23.5 Å². The van der Waals surface area contributed by atoms with Crippen LogP contribution in [0.5, 0.6) is 0 Å². The van der Waals surface area contributed by atoms with E-state index in [1.807, 2.05) is 32.0 Å². The number of carboxylic acid groups (broad SMARTS) is 2. The van der Waals surface area contributed by atoms with Crippen LogP contribution in [0.3, 0.4) is 0 Å². The van der Waals surface area contributed by atoms with Gasteiger partial charge in [-0.05, 0) is 24.0 Å². The number of carbonyl (C=O) groups excluding carboxylic acids is 3. The normalized spacial score (nSPS) is 13.6. The lowest BCUT2D eigenvalue weighted by Gasteiger charge is -2.23. The molecule has 8 N–H and O–H groups in total. The Kier molecular flexibility index (Phi) is 9.76. The molecule has 0 aliphatic heterocycles. The van der Waals surface area contributed by atoms with Gasteiger partial charge in [0.05, 0.1) is 12.5 Å². The Morgan fingerprint density at radius 1 is 0.943 bits per heavy atom. The lowest BCUT2D eigenvalue weighted by molar-refractivity contribution is -0.141. The third-order valence-electron chi connectivity index (χ3n) is 5.22. The summed E-state index contributed by atoms with van der Waals surface area (Å²) in [4.78, 5) is 63.4. The summed E-state index contributed by atoms with van der Waals surface area (Å²) in [5.74, 6) is -4.89. The summed E-state index contributed by atoms with van der Waals surface area (Å²) >= 11 is 0. The van der Waals surface area contributed by atoms with Crippen molar-refractivity contribution in [3.05, 3.63) is 36.0 Å². The van der Waals surface area contributed by atoms with Crippen molar-refractivity contribution in [2.45, 2.75) is 51.2 Å². The summed E-state index contributed by atoms with van der Waals surface area (Å²) < 4.78 is 0. The number of fused-ring (bicyclic) bond motifs is 1. The Balaban J connectivity index is 2.23. The molecule has 0 aliphatic carbocycles. The number of hydrogen-bond donors (Lipinski definition) is 7. The second kappa shape index (κ2) is 12.5. The fourth-order valence-corrected chi connectivity index (χ4v) is 3.57. The third-order valence-corrected chi connectivity index (χ3v) is 5.22. The molecule has 3 unspecified atom stereocenters. The number of para-hydroxylation sites is 1. The minimum Gasteiger partial charge on any atom is -0.481 e. The van der Waals surface area contributed by atoms with Crippen LogP contribution in [0, 0.1) is 5.92 Å². The minimum atomic E-state index is -1.49. The molecule has 3 amide bonds. The van der Waals surface area contributed by atoms with Gasteiger partial charge in [0.2, 0.25) is 17.7 Å². The maximum absolute atomic E-state index is 13.0. The van der Waals surface area contributed by atoms with Gasteiger partial charge >= 0.3 is 11.9 Å². The number of amides is 3. The fourth-order valence-electron chi connectivity index (χ4n) is 3.57. The Bertz CT molecular complexity index is 1080. The van der Waals surface area contributed by atoms with Crippen molar-refractivity contribution in [1.29, 1.82) is 0 Å². The second-order valence-corrected chi connectivity index (χ2v) is 8.63. The van der Waals surface area contributed by atoms with Gasteiger partial charge in [0.1, 0.15) is 18.6 Å². The van der Waals surface area contributed by atoms with Crippen LogP contribution in [0.15, 0.2) is 30.5 Å². The predicted octanol–water partition coefficient (Wildman–Crippen LogP) is -0.271. The first-order valence-corrected chi connectivity index (χ1v) is 11.1. The van der Waals surface area contributed by atoms with Gasteiger partial charge in [0.25, 0.3) is 0 Å². The van der Waals surface area contributed by atoms with E-state index in [1.165, 1.54) is 0 Å². The van der Waals surface area contributed by atoms with E-state index in [9.17, 15) is 29.1 Å². The molecule has 0 radical (unpaired) electrons. The van der Waals surface area contributed by atoms with Crippen LogP contribution in [-0.2, 0) is 30.4 Å². The van der Waals surface area contributed by atoms with Crippen molar-refractivity contribution in [3.63, 3.8) is 0 Å². The summed E-state index contributed by atoms with van der Waals surface area (Å²) in [6.45, 7) is 3.05. The molecule has 12 heteroatoms. The predicted molar refractivity (Wildman–Crippen MR) is 126 cm³/mol. The number of carboxylic acids is 2. The van der Waals surface area contributed by atoms with Crippen LogP contribution < -0.4 is 21.7 Å². The highest BCUT2D eigenvalue weighted by molar-refractivity contribution is 5.96. The Morgan fingerprint density at radius 3 is 2.23 bits per heavy atom. The van der Waals surface area contributed by atoms with Crippen molar-refractivity contribution >= 4 is 40.6 Å². The Labute approximate surface area is 201 Å². The Morgan fingerprint density at radius 2 is 1.60 bits per heavy atom. The van der Waals surface area contributed by atoms with Gasteiger partial charge in [0.15, 0.2) is 0 Å². The van der Waals surface area contributed by atoms with Crippen molar-refractivity contribution in [2.75, 3.05) is 6.54 Å². The lowest BCUT2D eigenvalue weighted by Crippen LogP contribution is -2.57. The highest BCUT2D eigenvalue weighted by Crippen LogP contribution is 2.19. The van der Waals surface area contributed by atoms with E-state index >= 15 is 0 Å². The molecule has 190 valence electrons. The molecule has 1 heterocycles. The van der Waals surface area contributed by atoms with Crippen LogP contribution >= 0.6 is 0 Å². The van der Waals surface area contributed by atoms with Crippen LogP contribution in [0.4, 0.5) is 0 Å². The summed E-state index contributed by atoms with van der Waals surface area (Å²) in [6.07, 6.45) is 1.24. The molecule has 2 rings (SSSR count). The van der Waals surface area contributed by atoms with Gasteiger partial charge in [-0.1, -0.05) is 32.0 Å². The topological polar surface area (TPSA) is 204 Å². The zero-order valence-corrected chi connectivity index (χ0v) is 19.5. The third kappa shape index (κ3) is 8.41. The highest BCUT2D eigenvalue weighted by atomic mass is 16.4. The highest BCUT2D eigenvalue weighted by Gasteiger charge is 2.30. The van der Waals surface area contributed by atoms with E-state index in [-0.39, 0.29) is 12.3 Å². The molecule has 3 atom stereocenters. The minimum absolute atomic E-state index is 0.0121. The number of H-pyrrole nitrogens is 1. The molecule has 0 fully saturated rings. The van der Waals surface area contributed by atoms with Crippen molar-refractivity contribution in [1.82, 2.24) is 20.9 Å². The summed E-state index contributed by atoms with van der Waals surface area (Å²) in [5.41, 5.74) is 7.32. The first kappa shape index (κ1) is 27.3. The van der Waals surface area contributed by atoms with E-state index < -0.39 is 60.8 Å². The maximum Gasteiger partial charge on any atom is 0.322 e. The van der Waals surface area contributed by atoms with Gasteiger partial charge in [-0.2, -0.15) is 0 Å². The van der Waals surface area contributed by atoms with Gasteiger partial charge in [-0.3, -0.25) is 24.0 Å². The number of nitrogens with two attached hydrogens (primary N) is 1. The lowest BCUT2D eigenvalue weighted by atomic mass is 10.0. The quantitative estimate of drug-likeness (QED) is 0.199. The number of carbonyl (C=O) groups is 5. The van der Waals surface area contributed by atoms with Gasteiger partial charge < -0.3 is 36.9 Å². The first-order valence-electron chi connectivity index (χ1n) is 11.1. The van der Waals surface area contributed by atoms with Crippen molar-refractivity contribution in [2.24, 2.45) is 11.7 Å². The van der Waals surface area contributed by atoms with E-state index in [1.54, 1.807) is 12.3 Å². The van der Waals surface area contributed by atoms with E-state index in [4.69, 9.17) is 10.8 Å². The average molecular weight is 490 g/mol. The monoisotopic (exact) mass is 489 g/mol. The number of benzene rings is 1. The summed E-state index contributed by atoms with van der Waals surface area (Å²) in [6, 6.07) is 3.60. The van der Waals surface area contributed by atoms with E-state index in [2.05, 4.69) is 20.9 Å². The molecule has 0 saturated heterocycles. The molecule has 0 saturated carbocycles. The molecular weight excluding hydrogens is 458 g/mol. The largest absolute Gasteiger partial charge is 0.481 e. The van der Waals surface area contributed by atoms with Crippen LogP contribution in [0.25, 0.3) is 10.9 Å². The molecule has 0 aliphatic rings. The Hall–Kier alpha value is -3.93. The SMILES string of the molecule is CC(C)CC(N)C(=O)NC(CC(=O)O)C(=O)NC(Cc1c[nH]c2ccccc12)C(=O)NCC(=O)O. The van der Waals surface area contributed by atoms with Crippen LogP contribution in [-0.4, -0.2) is 69.5 Å². The average Bonchev–Trinajstić information content (AvgIpc) is 3.18. The smallest absolute Gasteiger partial charge is 0.322 e. The molecule has 2 aromatic rings. The second-order valence-electron chi connectivity index (χ2n) is 8.63. The van der Waals surface area contributed by atoms with Crippen LogP contribution in [0.1, 0.15) is 32.3 Å². The number of aromatic amines is 1. The molecule has 0 spiro atoms. The van der Waals surface area contributed by atoms with E-state index in [0.29, 0.717) is 12.0 Å². The number of rotatable bonds is 13.